The molecule has 0 radical (unpaired) electrons. The van der Waals surface area contributed by atoms with Crippen LogP contribution < -0.4 is 0 Å². The Hall–Kier alpha value is -1.32. The lowest BCUT2D eigenvalue weighted by Gasteiger charge is -2.25. The van der Waals surface area contributed by atoms with Gasteiger partial charge >= 0.3 is 0 Å². The lowest BCUT2D eigenvalue weighted by molar-refractivity contribution is -0.133. The van der Waals surface area contributed by atoms with Crippen LogP contribution in [0.25, 0.3) is 0 Å². The van der Waals surface area contributed by atoms with Gasteiger partial charge in [0.25, 0.3) is 0 Å². The van der Waals surface area contributed by atoms with Gasteiger partial charge in [-0.3, -0.25) is 4.79 Å². The Labute approximate surface area is 108 Å². The minimum atomic E-state index is -0.121. The van der Waals surface area contributed by atoms with E-state index in [4.69, 9.17) is 0 Å². The molecular weight excluding hydrogens is 226 g/mol. The summed E-state index contributed by atoms with van der Waals surface area (Å²) in [7, 11) is 0. The van der Waals surface area contributed by atoms with Gasteiger partial charge in [-0.15, -0.1) is 0 Å². The number of amides is 1. The molecule has 4 nitrogen and oxygen atoms in total. The number of nitrogens with zero attached hydrogens (tertiary/aromatic N) is 3. The number of hydrogen-bond donors (Lipinski definition) is 0. The van der Waals surface area contributed by atoms with Gasteiger partial charge in [0.15, 0.2) is 0 Å². The van der Waals surface area contributed by atoms with Crippen LogP contribution >= 0.6 is 0 Å². The maximum Gasteiger partial charge on any atom is 0.245 e. The molecule has 1 spiro atoms. The molecule has 3 rings (SSSR count). The van der Waals surface area contributed by atoms with E-state index < -0.39 is 0 Å². The number of carbonyl (C=O) groups excluding carboxylic acids is 1. The van der Waals surface area contributed by atoms with Crippen LogP contribution in [0.3, 0.4) is 0 Å². The first-order valence-corrected chi connectivity index (χ1v) is 6.96. The fourth-order valence-electron chi connectivity index (χ4n) is 3.55. The minimum Gasteiger partial charge on any atom is -0.340 e. The average molecular weight is 247 g/mol. The summed E-state index contributed by atoms with van der Waals surface area (Å²) in [6.07, 6.45) is 11.8. The summed E-state index contributed by atoms with van der Waals surface area (Å²) in [5, 5.41) is 0. The van der Waals surface area contributed by atoms with E-state index in [0.29, 0.717) is 5.41 Å². The van der Waals surface area contributed by atoms with Crippen LogP contribution in [0.2, 0.25) is 0 Å². The van der Waals surface area contributed by atoms with E-state index >= 15 is 0 Å². The van der Waals surface area contributed by atoms with E-state index in [1.165, 1.54) is 32.1 Å². The molecule has 18 heavy (non-hydrogen) atoms. The second-order valence-electron chi connectivity index (χ2n) is 5.90. The molecule has 1 aliphatic heterocycles. The SMILES string of the molecule is C[C@H](C(=O)N1CCC2(CCCC2)C1)n1ccnc1. The van der Waals surface area contributed by atoms with Crippen LogP contribution in [0.5, 0.6) is 0 Å². The quantitative estimate of drug-likeness (QED) is 0.804. The van der Waals surface area contributed by atoms with Crippen LogP contribution in [0, 0.1) is 5.41 Å². The summed E-state index contributed by atoms with van der Waals surface area (Å²) in [4.78, 5) is 18.5. The largest absolute Gasteiger partial charge is 0.340 e. The molecule has 0 aromatic carbocycles. The van der Waals surface area contributed by atoms with Gasteiger partial charge in [0, 0.05) is 25.5 Å². The van der Waals surface area contributed by atoms with E-state index in [9.17, 15) is 4.79 Å². The van der Waals surface area contributed by atoms with Crippen molar-refractivity contribution in [3.63, 3.8) is 0 Å². The van der Waals surface area contributed by atoms with Crippen molar-refractivity contribution in [1.29, 1.82) is 0 Å². The third kappa shape index (κ3) is 1.93. The third-order valence-corrected chi connectivity index (χ3v) is 4.74. The summed E-state index contributed by atoms with van der Waals surface area (Å²) in [5.41, 5.74) is 0.463. The zero-order chi connectivity index (χ0) is 12.6. The molecular formula is C14H21N3O. The van der Waals surface area contributed by atoms with Crippen LogP contribution in [-0.4, -0.2) is 33.4 Å². The van der Waals surface area contributed by atoms with E-state index in [-0.39, 0.29) is 11.9 Å². The van der Waals surface area contributed by atoms with Gasteiger partial charge in [-0.2, -0.15) is 0 Å². The molecule has 2 heterocycles. The van der Waals surface area contributed by atoms with Crippen molar-refractivity contribution in [2.75, 3.05) is 13.1 Å². The Balaban J connectivity index is 1.67. The molecule has 1 saturated heterocycles. The van der Waals surface area contributed by atoms with Crippen molar-refractivity contribution >= 4 is 5.91 Å². The number of likely N-dealkylation sites (tertiary alicyclic amines) is 1. The highest BCUT2D eigenvalue weighted by molar-refractivity contribution is 5.80. The summed E-state index contributed by atoms with van der Waals surface area (Å²) < 4.78 is 1.89. The fourth-order valence-corrected chi connectivity index (χ4v) is 3.55. The van der Waals surface area contributed by atoms with Gasteiger partial charge in [0.05, 0.1) is 6.33 Å². The first kappa shape index (κ1) is 11.8. The monoisotopic (exact) mass is 247 g/mol. The first-order valence-electron chi connectivity index (χ1n) is 6.96. The van der Waals surface area contributed by atoms with E-state index in [1.54, 1.807) is 12.5 Å². The smallest absolute Gasteiger partial charge is 0.245 e. The third-order valence-electron chi connectivity index (χ3n) is 4.74. The van der Waals surface area contributed by atoms with Crippen molar-refractivity contribution in [3.05, 3.63) is 18.7 Å². The molecule has 1 aromatic rings. The maximum absolute atomic E-state index is 12.5. The number of carbonyl (C=O) groups is 1. The molecule has 1 amide bonds. The second-order valence-corrected chi connectivity index (χ2v) is 5.90. The van der Waals surface area contributed by atoms with Crippen LogP contribution in [-0.2, 0) is 4.79 Å². The normalized spacial score (nSPS) is 23.7. The van der Waals surface area contributed by atoms with Crippen molar-refractivity contribution in [1.82, 2.24) is 14.5 Å². The van der Waals surface area contributed by atoms with E-state index in [0.717, 1.165) is 13.1 Å². The Morgan fingerprint density at radius 2 is 2.11 bits per heavy atom. The fraction of sp³-hybridized carbons (Fsp3) is 0.714. The highest BCUT2D eigenvalue weighted by atomic mass is 16.2. The van der Waals surface area contributed by atoms with E-state index in [1.807, 2.05) is 17.7 Å². The highest BCUT2D eigenvalue weighted by Crippen LogP contribution is 2.45. The van der Waals surface area contributed by atoms with Crippen molar-refractivity contribution in [2.24, 2.45) is 5.41 Å². The predicted octanol–water partition coefficient (Wildman–Crippen LogP) is 2.24. The van der Waals surface area contributed by atoms with Gasteiger partial charge in [-0.25, -0.2) is 4.98 Å². The molecule has 2 aliphatic rings. The predicted molar refractivity (Wildman–Crippen MR) is 69.0 cm³/mol. The molecule has 1 atom stereocenters. The van der Waals surface area contributed by atoms with Crippen LogP contribution in [0.4, 0.5) is 0 Å². The van der Waals surface area contributed by atoms with Crippen molar-refractivity contribution in [3.8, 4) is 0 Å². The Morgan fingerprint density at radius 1 is 1.33 bits per heavy atom. The lowest BCUT2D eigenvalue weighted by atomic mass is 9.86. The standard InChI is InChI=1S/C14H21N3O/c1-12(17-9-7-15-11-17)13(18)16-8-6-14(10-16)4-2-3-5-14/h7,9,11-12H,2-6,8,10H2,1H3/t12-/m1/s1. The summed E-state index contributed by atoms with van der Waals surface area (Å²) >= 11 is 0. The Morgan fingerprint density at radius 3 is 2.78 bits per heavy atom. The van der Waals surface area contributed by atoms with Crippen LogP contribution in [0.15, 0.2) is 18.7 Å². The summed E-state index contributed by atoms with van der Waals surface area (Å²) in [6.45, 7) is 3.88. The number of aromatic nitrogens is 2. The zero-order valence-electron chi connectivity index (χ0n) is 11.0. The van der Waals surface area contributed by atoms with Gasteiger partial charge < -0.3 is 9.47 Å². The van der Waals surface area contributed by atoms with Gasteiger partial charge in [-0.1, -0.05) is 12.8 Å². The molecule has 1 aliphatic carbocycles. The summed E-state index contributed by atoms with van der Waals surface area (Å²) in [6, 6.07) is -0.121. The first-order chi connectivity index (χ1) is 8.70. The number of hydrogen-bond acceptors (Lipinski definition) is 2. The molecule has 1 saturated carbocycles. The Kier molecular flexibility index (Phi) is 2.88. The Bertz CT molecular complexity index is 420. The molecule has 0 N–H and O–H groups in total. The molecule has 4 heteroatoms. The molecule has 2 fully saturated rings. The van der Waals surface area contributed by atoms with Gasteiger partial charge in [0.1, 0.15) is 6.04 Å². The lowest BCUT2D eigenvalue weighted by Crippen LogP contribution is -2.35. The molecule has 1 aromatic heterocycles. The van der Waals surface area contributed by atoms with Gasteiger partial charge in [0.2, 0.25) is 5.91 Å². The average Bonchev–Trinajstić information content (AvgIpc) is 3.10. The number of rotatable bonds is 2. The van der Waals surface area contributed by atoms with Gasteiger partial charge in [-0.05, 0) is 31.6 Å². The minimum absolute atomic E-state index is 0.121. The van der Waals surface area contributed by atoms with Crippen molar-refractivity contribution in [2.45, 2.75) is 45.1 Å². The summed E-state index contributed by atoms with van der Waals surface area (Å²) in [5.74, 6) is 0.247. The van der Waals surface area contributed by atoms with Crippen molar-refractivity contribution < 1.29 is 4.79 Å². The molecule has 0 bridgehead atoms. The highest BCUT2D eigenvalue weighted by Gasteiger charge is 2.42. The maximum atomic E-state index is 12.5. The van der Waals surface area contributed by atoms with E-state index in [2.05, 4.69) is 9.88 Å². The van der Waals surface area contributed by atoms with Crippen LogP contribution in [0.1, 0.15) is 45.1 Å². The second kappa shape index (κ2) is 4.41. The number of imidazole rings is 1. The zero-order valence-corrected chi connectivity index (χ0v) is 11.0. The topological polar surface area (TPSA) is 38.1 Å². The molecule has 98 valence electrons. The molecule has 0 unspecified atom stereocenters.